The number of carbonyl (C=O) groups excluding carboxylic acids is 1. The van der Waals surface area contributed by atoms with Gasteiger partial charge in [-0.25, -0.2) is 8.42 Å². The van der Waals surface area contributed by atoms with E-state index >= 15 is 0 Å². The number of carbonyl (C=O) groups is 1. The number of amides is 1. The third kappa shape index (κ3) is 5.47. The first kappa shape index (κ1) is 20.4. The van der Waals surface area contributed by atoms with Gasteiger partial charge in [0.15, 0.2) is 0 Å². The Morgan fingerprint density at radius 3 is 2.79 bits per heavy atom. The van der Waals surface area contributed by atoms with Gasteiger partial charge in [0.05, 0.1) is 10.9 Å². The zero-order valence-corrected chi connectivity index (χ0v) is 15.1. The van der Waals surface area contributed by atoms with Gasteiger partial charge < -0.3 is 11.1 Å². The van der Waals surface area contributed by atoms with Crippen LogP contribution in [-0.4, -0.2) is 32.7 Å². The summed E-state index contributed by atoms with van der Waals surface area (Å²) >= 11 is 0. The van der Waals surface area contributed by atoms with Crippen molar-refractivity contribution in [2.75, 3.05) is 11.9 Å². The molecule has 1 aromatic rings. The molecule has 1 heterocycles. The Morgan fingerprint density at radius 1 is 1.42 bits per heavy atom. The molecule has 0 spiro atoms. The third-order valence-electron chi connectivity index (χ3n) is 3.47. The molecule has 4 N–H and O–H groups in total. The highest BCUT2D eigenvalue weighted by atomic mass is 35.5. The monoisotopic (exact) mass is 374 g/mol. The SMILES string of the molecule is CCCC(N)C(=O)Nc1cccc(S(=O)(=O)NC2=NCCC2)c1.Cl. The van der Waals surface area contributed by atoms with Crippen molar-refractivity contribution >= 4 is 39.9 Å². The highest BCUT2D eigenvalue weighted by Gasteiger charge is 2.19. The Hall–Kier alpha value is -1.64. The van der Waals surface area contributed by atoms with Crippen LogP contribution in [0.2, 0.25) is 0 Å². The predicted molar refractivity (Wildman–Crippen MR) is 97.1 cm³/mol. The number of hydrogen-bond donors (Lipinski definition) is 3. The highest BCUT2D eigenvalue weighted by Crippen LogP contribution is 2.16. The van der Waals surface area contributed by atoms with Gasteiger partial charge in [0.1, 0.15) is 5.84 Å². The molecule has 0 aliphatic carbocycles. The molecule has 1 atom stereocenters. The first-order valence-corrected chi connectivity index (χ1v) is 9.13. The van der Waals surface area contributed by atoms with Crippen LogP contribution >= 0.6 is 12.4 Å². The summed E-state index contributed by atoms with van der Waals surface area (Å²) in [5.41, 5.74) is 6.15. The number of anilines is 1. The molecule has 1 aliphatic rings. The van der Waals surface area contributed by atoms with Crippen LogP contribution in [0.3, 0.4) is 0 Å². The molecule has 1 unspecified atom stereocenters. The van der Waals surface area contributed by atoms with Gasteiger partial charge in [-0.05, 0) is 31.0 Å². The minimum absolute atomic E-state index is 0. The van der Waals surface area contributed by atoms with Crippen LogP contribution in [0.1, 0.15) is 32.6 Å². The molecule has 0 fully saturated rings. The summed E-state index contributed by atoms with van der Waals surface area (Å²) in [7, 11) is -3.70. The number of nitrogens with zero attached hydrogens (tertiary/aromatic N) is 1. The van der Waals surface area contributed by atoms with E-state index in [1.165, 1.54) is 12.1 Å². The second-order valence-electron chi connectivity index (χ2n) is 5.45. The standard InChI is InChI=1S/C15H22N4O3S.ClH/c1-2-5-13(16)15(20)18-11-6-3-7-12(10-11)23(21,22)19-14-8-4-9-17-14;/h3,6-7,10,13H,2,4-5,8-9,16H2,1H3,(H,17,19)(H,18,20);1H. The van der Waals surface area contributed by atoms with Gasteiger partial charge in [0.25, 0.3) is 10.0 Å². The number of nitrogens with two attached hydrogens (primary N) is 1. The minimum Gasteiger partial charge on any atom is -0.325 e. The zero-order chi connectivity index (χ0) is 16.9. The lowest BCUT2D eigenvalue weighted by Crippen LogP contribution is -2.35. The van der Waals surface area contributed by atoms with E-state index in [1.54, 1.807) is 12.1 Å². The Labute approximate surface area is 148 Å². The first-order valence-electron chi connectivity index (χ1n) is 7.65. The van der Waals surface area contributed by atoms with Crippen LogP contribution in [0.4, 0.5) is 5.69 Å². The molecular formula is C15H23ClN4O3S. The van der Waals surface area contributed by atoms with Crippen LogP contribution in [0.5, 0.6) is 0 Å². The molecule has 0 radical (unpaired) electrons. The number of halogens is 1. The zero-order valence-electron chi connectivity index (χ0n) is 13.5. The number of rotatable bonds is 6. The van der Waals surface area contributed by atoms with Gasteiger partial charge in [-0.15, -0.1) is 12.4 Å². The van der Waals surface area contributed by atoms with E-state index in [1.807, 2.05) is 6.92 Å². The lowest BCUT2D eigenvalue weighted by molar-refractivity contribution is -0.117. The third-order valence-corrected chi connectivity index (χ3v) is 4.85. The molecule has 134 valence electrons. The van der Waals surface area contributed by atoms with Gasteiger partial charge in [-0.1, -0.05) is 19.4 Å². The molecule has 1 amide bonds. The summed E-state index contributed by atoms with van der Waals surface area (Å²) in [5.74, 6) is 0.152. The van der Waals surface area contributed by atoms with Crippen LogP contribution in [0.25, 0.3) is 0 Å². The topological polar surface area (TPSA) is 114 Å². The summed E-state index contributed by atoms with van der Waals surface area (Å²) in [5, 5.41) is 2.65. The molecule has 9 heteroatoms. The molecular weight excluding hydrogens is 352 g/mol. The van der Waals surface area contributed by atoms with Crippen molar-refractivity contribution in [1.82, 2.24) is 4.72 Å². The van der Waals surface area contributed by atoms with Gasteiger partial charge >= 0.3 is 0 Å². The van der Waals surface area contributed by atoms with Crippen molar-refractivity contribution in [3.05, 3.63) is 24.3 Å². The lowest BCUT2D eigenvalue weighted by Gasteiger charge is -2.12. The molecule has 0 saturated heterocycles. The molecule has 1 aliphatic heterocycles. The highest BCUT2D eigenvalue weighted by molar-refractivity contribution is 7.90. The Bertz CT molecular complexity index is 706. The number of aliphatic imine (C=N–C) groups is 1. The van der Waals surface area contributed by atoms with E-state index < -0.39 is 16.1 Å². The summed E-state index contributed by atoms with van der Waals surface area (Å²) in [4.78, 5) is 16.1. The van der Waals surface area contributed by atoms with Crippen molar-refractivity contribution < 1.29 is 13.2 Å². The van der Waals surface area contributed by atoms with Crippen molar-refractivity contribution in [3.63, 3.8) is 0 Å². The number of benzene rings is 1. The second-order valence-corrected chi connectivity index (χ2v) is 7.13. The minimum atomic E-state index is -3.70. The molecule has 2 rings (SSSR count). The smallest absolute Gasteiger partial charge is 0.262 e. The van der Waals surface area contributed by atoms with Gasteiger partial charge in [-0.2, -0.15) is 0 Å². The summed E-state index contributed by atoms with van der Waals surface area (Å²) < 4.78 is 27.1. The van der Waals surface area contributed by atoms with Crippen LogP contribution in [0, 0.1) is 0 Å². The Kier molecular flexibility index (Phi) is 7.65. The fourth-order valence-corrected chi connectivity index (χ4v) is 3.39. The van der Waals surface area contributed by atoms with Crippen molar-refractivity contribution in [2.45, 2.75) is 43.5 Å². The van der Waals surface area contributed by atoms with E-state index in [-0.39, 0.29) is 23.2 Å². The predicted octanol–water partition coefficient (Wildman–Crippen LogP) is 1.64. The maximum atomic E-state index is 12.3. The number of hydrogen-bond acceptors (Lipinski definition) is 5. The summed E-state index contributed by atoms with van der Waals surface area (Å²) in [6.07, 6.45) is 2.85. The maximum absolute atomic E-state index is 12.3. The van der Waals surface area contributed by atoms with E-state index in [9.17, 15) is 13.2 Å². The molecule has 0 bridgehead atoms. The number of nitrogens with one attached hydrogen (secondary N) is 2. The first-order chi connectivity index (χ1) is 10.9. The van der Waals surface area contributed by atoms with Gasteiger partial charge in [0.2, 0.25) is 5.91 Å². The quantitative estimate of drug-likeness (QED) is 0.702. The normalized spacial score (nSPS) is 15.2. The molecule has 7 nitrogen and oxygen atoms in total. The lowest BCUT2D eigenvalue weighted by atomic mass is 10.1. The van der Waals surface area contributed by atoms with E-state index in [4.69, 9.17) is 5.73 Å². The van der Waals surface area contributed by atoms with E-state index in [0.29, 0.717) is 30.9 Å². The fourth-order valence-electron chi connectivity index (χ4n) is 2.25. The molecule has 24 heavy (non-hydrogen) atoms. The molecule has 0 aromatic heterocycles. The van der Waals surface area contributed by atoms with Gasteiger partial charge in [-0.3, -0.25) is 14.5 Å². The summed E-state index contributed by atoms with van der Waals surface area (Å²) in [6, 6.07) is 5.48. The number of amidine groups is 1. The van der Waals surface area contributed by atoms with Crippen LogP contribution < -0.4 is 15.8 Å². The largest absolute Gasteiger partial charge is 0.325 e. The van der Waals surface area contributed by atoms with Crippen LogP contribution in [-0.2, 0) is 14.8 Å². The fraction of sp³-hybridized carbons (Fsp3) is 0.467. The molecule has 0 saturated carbocycles. The average Bonchev–Trinajstić information content (AvgIpc) is 3.00. The second kappa shape index (κ2) is 9.00. The Morgan fingerprint density at radius 2 is 2.17 bits per heavy atom. The summed E-state index contributed by atoms with van der Waals surface area (Å²) in [6.45, 7) is 2.58. The maximum Gasteiger partial charge on any atom is 0.262 e. The van der Waals surface area contributed by atoms with Crippen molar-refractivity contribution in [1.29, 1.82) is 0 Å². The van der Waals surface area contributed by atoms with Crippen molar-refractivity contribution in [2.24, 2.45) is 10.7 Å². The average molecular weight is 375 g/mol. The van der Waals surface area contributed by atoms with Gasteiger partial charge in [0, 0.05) is 18.7 Å². The van der Waals surface area contributed by atoms with E-state index in [2.05, 4.69) is 15.0 Å². The Balaban J connectivity index is 0.00000288. The van der Waals surface area contributed by atoms with Crippen molar-refractivity contribution in [3.8, 4) is 0 Å². The van der Waals surface area contributed by atoms with Crippen LogP contribution in [0.15, 0.2) is 34.2 Å². The number of sulfonamides is 1. The van der Waals surface area contributed by atoms with E-state index in [0.717, 1.165) is 12.8 Å². The molecule has 1 aromatic carbocycles.